The summed E-state index contributed by atoms with van der Waals surface area (Å²) in [6, 6.07) is 3.86. The molecule has 0 atom stereocenters. The quantitative estimate of drug-likeness (QED) is 0.650. The predicted octanol–water partition coefficient (Wildman–Crippen LogP) is 1.68. The maximum atomic E-state index is 8.78. The number of rotatable bonds is 2. The molecule has 1 heterocycles. The highest BCUT2D eigenvalue weighted by molar-refractivity contribution is 7.98. The highest BCUT2D eigenvalue weighted by Gasteiger charge is 2.07. The molecule has 0 fully saturated rings. The lowest BCUT2D eigenvalue weighted by Gasteiger charge is -2.03. The van der Waals surface area contributed by atoms with Crippen LogP contribution in [-0.4, -0.2) is 18.3 Å². The minimum atomic E-state index is 0.393. The van der Waals surface area contributed by atoms with E-state index in [9.17, 15) is 0 Å². The number of nitriles is 1. The van der Waals surface area contributed by atoms with Crippen LogP contribution in [-0.2, 0) is 0 Å². The average molecular weight is 180 g/mol. The molecule has 0 saturated carbocycles. The molecule has 0 aliphatic rings. The fourth-order valence-electron chi connectivity index (χ4n) is 0.854. The van der Waals surface area contributed by atoms with E-state index >= 15 is 0 Å². The summed E-state index contributed by atoms with van der Waals surface area (Å²) < 4.78 is 4.93. The normalized spacial score (nSPS) is 9.08. The molecule has 0 N–H and O–H groups in total. The van der Waals surface area contributed by atoms with Gasteiger partial charge in [-0.2, -0.15) is 5.26 Å². The fraction of sp³-hybridized carbons (Fsp3) is 0.250. The number of hydrogen-bond acceptors (Lipinski definition) is 4. The average Bonchev–Trinajstić information content (AvgIpc) is 2.16. The number of ether oxygens (including phenoxy) is 1. The first-order valence-electron chi connectivity index (χ1n) is 3.30. The molecule has 1 rings (SSSR count). The van der Waals surface area contributed by atoms with Gasteiger partial charge < -0.3 is 4.74 Å². The van der Waals surface area contributed by atoms with Crippen LogP contribution >= 0.6 is 11.8 Å². The third kappa shape index (κ3) is 1.51. The molecule has 0 aliphatic heterocycles. The van der Waals surface area contributed by atoms with Crippen LogP contribution in [0.5, 0.6) is 5.88 Å². The van der Waals surface area contributed by atoms with Gasteiger partial charge in [0, 0.05) is 11.1 Å². The lowest BCUT2D eigenvalue weighted by atomic mass is 10.3. The van der Waals surface area contributed by atoms with Crippen molar-refractivity contribution in [3.05, 3.63) is 17.8 Å². The first kappa shape index (κ1) is 8.88. The molecule has 0 bridgehead atoms. The summed E-state index contributed by atoms with van der Waals surface area (Å²) in [4.78, 5) is 4.81. The van der Waals surface area contributed by atoms with Crippen molar-refractivity contribution in [1.29, 1.82) is 5.26 Å². The molecule has 1 aromatic heterocycles. The number of nitrogens with zero attached hydrogens (tertiary/aromatic N) is 2. The van der Waals surface area contributed by atoms with Crippen LogP contribution in [0.2, 0.25) is 0 Å². The Kier molecular flexibility index (Phi) is 2.94. The molecule has 0 amide bonds. The second-order valence-electron chi connectivity index (χ2n) is 2.01. The summed E-state index contributed by atoms with van der Waals surface area (Å²) in [5.74, 6) is 0.393. The third-order valence-electron chi connectivity index (χ3n) is 1.40. The lowest BCUT2D eigenvalue weighted by molar-refractivity contribution is 0.395. The number of aromatic nitrogens is 1. The van der Waals surface area contributed by atoms with Gasteiger partial charge in [-0.1, -0.05) is 0 Å². The van der Waals surface area contributed by atoms with Crippen LogP contribution < -0.4 is 4.74 Å². The molecular weight excluding hydrogens is 172 g/mol. The first-order valence-corrected chi connectivity index (χ1v) is 4.53. The van der Waals surface area contributed by atoms with Crippen LogP contribution in [0.4, 0.5) is 0 Å². The monoisotopic (exact) mass is 180 g/mol. The summed E-state index contributed by atoms with van der Waals surface area (Å²) in [5, 5.41) is 8.78. The van der Waals surface area contributed by atoms with Gasteiger partial charge in [0.25, 0.3) is 0 Å². The maximum Gasteiger partial charge on any atom is 0.232 e. The summed E-state index contributed by atoms with van der Waals surface area (Å²) in [5.41, 5.74) is 0.507. The van der Waals surface area contributed by atoms with Crippen molar-refractivity contribution < 1.29 is 4.74 Å². The Labute approximate surface area is 75.4 Å². The Balaban J connectivity index is 3.25. The van der Waals surface area contributed by atoms with Crippen molar-refractivity contribution in [3.8, 4) is 11.9 Å². The Bertz CT molecular complexity index is 297. The SMILES string of the molecule is COc1nccc(SC)c1C#N. The van der Waals surface area contributed by atoms with Crippen molar-refractivity contribution in [1.82, 2.24) is 4.98 Å². The maximum absolute atomic E-state index is 8.78. The lowest BCUT2D eigenvalue weighted by Crippen LogP contribution is -1.92. The van der Waals surface area contributed by atoms with Crippen LogP contribution in [0.1, 0.15) is 5.56 Å². The topological polar surface area (TPSA) is 45.9 Å². The van der Waals surface area contributed by atoms with E-state index in [1.165, 1.54) is 18.9 Å². The van der Waals surface area contributed by atoms with E-state index in [1.54, 1.807) is 12.3 Å². The zero-order valence-electron chi connectivity index (χ0n) is 6.87. The zero-order chi connectivity index (χ0) is 8.97. The van der Waals surface area contributed by atoms with Crippen LogP contribution in [0.3, 0.4) is 0 Å². The Morgan fingerprint density at radius 3 is 2.92 bits per heavy atom. The largest absolute Gasteiger partial charge is 0.480 e. The summed E-state index contributed by atoms with van der Waals surface area (Å²) in [6.45, 7) is 0. The first-order chi connectivity index (χ1) is 5.83. The Hall–Kier alpha value is -1.21. The van der Waals surface area contributed by atoms with E-state index < -0.39 is 0 Å². The number of hydrogen-bond donors (Lipinski definition) is 0. The van der Waals surface area contributed by atoms with Gasteiger partial charge in [-0.05, 0) is 12.3 Å². The van der Waals surface area contributed by atoms with Gasteiger partial charge in [-0.3, -0.25) is 0 Å². The molecule has 0 radical (unpaired) electrons. The number of methoxy groups -OCH3 is 1. The van der Waals surface area contributed by atoms with Crippen molar-refractivity contribution in [2.45, 2.75) is 4.90 Å². The third-order valence-corrected chi connectivity index (χ3v) is 2.18. The van der Waals surface area contributed by atoms with Crippen LogP contribution in [0, 0.1) is 11.3 Å². The van der Waals surface area contributed by atoms with E-state index in [-0.39, 0.29) is 0 Å². The van der Waals surface area contributed by atoms with Crippen molar-refractivity contribution in [2.24, 2.45) is 0 Å². The molecule has 62 valence electrons. The second kappa shape index (κ2) is 3.98. The molecule has 0 spiro atoms. The summed E-state index contributed by atoms with van der Waals surface area (Å²) in [7, 11) is 1.51. The predicted molar refractivity (Wildman–Crippen MR) is 47.3 cm³/mol. The fourth-order valence-corrected chi connectivity index (χ4v) is 1.39. The Morgan fingerprint density at radius 2 is 2.42 bits per heavy atom. The second-order valence-corrected chi connectivity index (χ2v) is 2.86. The smallest absolute Gasteiger partial charge is 0.232 e. The molecule has 4 heteroatoms. The molecule has 0 aliphatic carbocycles. The molecule has 3 nitrogen and oxygen atoms in total. The zero-order valence-corrected chi connectivity index (χ0v) is 7.68. The van der Waals surface area contributed by atoms with E-state index in [1.807, 2.05) is 6.26 Å². The molecule has 12 heavy (non-hydrogen) atoms. The van der Waals surface area contributed by atoms with Gasteiger partial charge >= 0.3 is 0 Å². The van der Waals surface area contributed by atoms with Gasteiger partial charge in [-0.25, -0.2) is 4.98 Å². The van der Waals surface area contributed by atoms with E-state index in [0.29, 0.717) is 11.4 Å². The summed E-state index contributed by atoms with van der Waals surface area (Å²) in [6.07, 6.45) is 3.54. The highest BCUT2D eigenvalue weighted by Crippen LogP contribution is 2.25. The van der Waals surface area contributed by atoms with Crippen LogP contribution in [0.25, 0.3) is 0 Å². The van der Waals surface area contributed by atoms with Gasteiger partial charge in [-0.15, -0.1) is 11.8 Å². The van der Waals surface area contributed by atoms with Gasteiger partial charge in [0.1, 0.15) is 11.6 Å². The Morgan fingerprint density at radius 1 is 1.67 bits per heavy atom. The molecule has 0 aromatic carbocycles. The molecule has 1 aromatic rings. The van der Waals surface area contributed by atoms with E-state index in [4.69, 9.17) is 10.00 Å². The molecular formula is C8H8N2OS. The summed E-state index contributed by atoms with van der Waals surface area (Å²) >= 11 is 1.51. The van der Waals surface area contributed by atoms with E-state index in [2.05, 4.69) is 11.1 Å². The van der Waals surface area contributed by atoms with Crippen molar-refractivity contribution in [3.63, 3.8) is 0 Å². The van der Waals surface area contributed by atoms with Crippen molar-refractivity contribution >= 4 is 11.8 Å². The highest BCUT2D eigenvalue weighted by atomic mass is 32.2. The molecule has 0 unspecified atom stereocenters. The standard InChI is InChI=1S/C8H8N2OS/c1-11-8-6(5-9)7(12-2)3-4-10-8/h3-4H,1-2H3. The number of thioether (sulfide) groups is 1. The van der Waals surface area contributed by atoms with Gasteiger partial charge in [0.15, 0.2) is 0 Å². The van der Waals surface area contributed by atoms with Crippen LogP contribution in [0.15, 0.2) is 17.2 Å². The molecule has 0 saturated heterocycles. The minimum Gasteiger partial charge on any atom is -0.480 e. The van der Waals surface area contributed by atoms with E-state index in [0.717, 1.165) is 4.90 Å². The van der Waals surface area contributed by atoms with Gasteiger partial charge in [0.2, 0.25) is 5.88 Å². The number of pyridine rings is 1. The van der Waals surface area contributed by atoms with Crippen molar-refractivity contribution in [2.75, 3.05) is 13.4 Å². The minimum absolute atomic E-state index is 0.393. The van der Waals surface area contributed by atoms with Gasteiger partial charge in [0.05, 0.1) is 7.11 Å².